The van der Waals surface area contributed by atoms with E-state index in [9.17, 15) is 14.4 Å². The number of fused-ring (bicyclic) bond motifs is 8. The highest BCUT2D eigenvalue weighted by Crippen LogP contribution is 2.42. The molecule has 12 nitrogen and oxygen atoms in total. The van der Waals surface area contributed by atoms with Crippen molar-refractivity contribution in [2.45, 2.75) is 83.4 Å². The zero-order valence-electron chi connectivity index (χ0n) is 39.1. The second-order valence-electron chi connectivity index (χ2n) is 18.1. The van der Waals surface area contributed by atoms with E-state index >= 15 is 0 Å². The second-order valence-corrected chi connectivity index (χ2v) is 19.6. The van der Waals surface area contributed by atoms with Gasteiger partial charge in [-0.05, 0) is 135 Å². The van der Waals surface area contributed by atoms with E-state index in [0.717, 1.165) is 58.5 Å². The maximum atomic E-state index is 14.1. The van der Waals surface area contributed by atoms with E-state index in [1.54, 1.807) is 35.9 Å². The number of aliphatic imine (C=N–C) groups is 1. The van der Waals surface area contributed by atoms with E-state index in [2.05, 4.69) is 26.2 Å². The minimum Gasteiger partial charge on any atom is -0.493 e. The van der Waals surface area contributed by atoms with Gasteiger partial charge in [-0.3, -0.25) is 24.3 Å². The summed E-state index contributed by atoms with van der Waals surface area (Å²) < 4.78 is 30.7. The van der Waals surface area contributed by atoms with Crippen LogP contribution in [0.2, 0.25) is 0 Å². The number of aryl methyl sites for hydroxylation is 2. The van der Waals surface area contributed by atoms with Gasteiger partial charge in [-0.2, -0.15) is 11.8 Å². The van der Waals surface area contributed by atoms with Gasteiger partial charge >= 0.3 is 0 Å². The van der Waals surface area contributed by atoms with Gasteiger partial charge in [0.25, 0.3) is 17.7 Å². The number of benzene rings is 5. The van der Waals surface area contributed by atoms with Gasteiger partial charge in [0, 0.05) is 65.3 Å². The normalized spacial score (nSPS) is 16.9. The van der Waals surface area contributed by atoms with Gasteiger partial charge < -0.3 is 33.5 Å². The molecule has 0 aliphatic carbocycles. The van der Waals surface area contributed by atoms with Gasteiger partial charge in [-0.15, -0.1) is 0 Å². The first-order valence-electron chi connectivity index (χ1n) is 23.1. The molecule has 0 bridgehead atoms. The van der Waals surface area contributed by atoms with Crippen LogP contribution in [0.15, 0.2) is 96.0 Å². The molecule has 4 aliphatic rings. The number of carbonyl (C=O) groups is 3. The molecule has 0 aromatic heterocycles. The summed E-state index contributed by atoms with van der Waals surface area (Å²) in [4.78, 5) is 52.4. The molecule has 5 aromatic rings. The third-order valence-electron chi connectivity index (χ3n) is 13.1. The minimum absolute atomic E-state index is 0.0304. The Balaban J connectivity index is 1.00. The van der Waals surface area contributed by atoms with Gasteiger partial charge in [0.05, 0.1) is 37.6 Å². The molecule has 4 heterocycles. The van der Waals surface area contributed by atoms with Gasteiger partial charge in [-0.1, -0.05) is 36.4 Å². The summed E-state index contributed by atoms with van der Waals surface area (Å²) in [5.41, 5.74) is 9.91. The number of nitrogens with zero attached hydrogens (tertiary/aromatic N) is 4. The van der Waals surface area contributed by atoms with Crippen molar-refractivity contribution < 1.29 is 38.1 Å². The smallest absolute Gasteiger partial charge is 0.261 e. The van der Waals surface area contributed by atoms with Crippen molar-refractivity contribution in [1.29, 1.82) is 0 Å². The van der Waals surface area contributed by atoms with Crippen molar-refractivity contribution in [3.05, 3.63) is 136 Å². The van der Waals surface area contributed by atoms with Crippen molar-refractivity contribution in [3.63, 3.8) is 0 Å². The van der Waals surface area contributed by atoms with Gasteiger partial charge in [0.2, 0.25) is 0 Å². The van der Waals surface area contributed by atoms with Crippen LogP contribution in [0.4, 0.5) is 22.7 Å². The number of thioether (sulfide) groups is 1. The number of carbonyl (C=O) groups excluding carboxylic acids is 3. The van der Waals surface area contributed by atoms with Crippen LogP contribution in [0.5, 0.6) is 17.2 Å². The van der Waals surface area contributed by atoms with E-state index in [1.165, 1.54) is 5.56 Å². The highest BCUT2D eigenvalue weighted by atomic mass is 32.2. The zero-order valence-corrected chi connectivity index (χ0v) is 40.0. The van der Waals surface area contributed by atoms with Crippen molar-refractivity contribution in [2.24, 2.45) is 4.99 Å². The number of anilines is 3. The van der Waals surface area contributed by atoms with Crippen LogP contribution in [-0.4, -0.2) is 87.1 Å². The molecule has 4 aliphatic heterocycles. The fraction of sp³-hybridized carbons (Fsp3) is 0.370. The molecule has 2 atom stereocenters. The molecule has 13 heteroatoms. The lowest BCUT2D eigenvalue weighted by Gasteiger charge is -2.26. The lowest BCUT2D eigenvalue weighted by Crippen LogP contribution is -2.37. The Labute approximate surface area is 397 Å². The SMILES string of the molecule is CCOCC(=O)N(CCOCC(C)(C)SC)c1cc(COc2cc3c(cc2C)C(=O)N2c4ccccc4C[C@H]2CC3)cc(COc2cc3c(cc2OC)C(=O)N2c4ccccc4C[C@H]2C=N3)c1. The number of hydrogen-bond acceptors (Lipinski definition) is 10. The molecule has 9 rings (SSSR count). The maximum absolute atomic E-state index is 14.1. The summed E-state index contributed by atoms with van der Waals surface area (Å²) in [6.07, 6.45) is 7.05. The predicted octanol–water partition coefficient (Wildman–Crippen LogP) is 9.49. The first kappa shape index (κ1) is 46.0. The van der Waals surface area contributed by atoms with E-state index < -0.39 is 0 Å². The fourth-order valence-electron chi connectivity index (χ4n) is 9.48. The number of ether oxygens (including phenoxy) is 5. The molecule has 0 spiro atoms. The fourth-order valence-corrected chi connectivity index (χ4v) is 9.69. The maximum Gasteiger partial charge on any atom is 0.261 e. The van der Waals surface area contributed by atoms with Crippen molar-refractivity contribution >= 4 is 58.4 Å². The van der Waals surface area contributed by atoms with Crippen molar-refractivity contribution in [2.75, 3.05) is 61.0 Å². The quantitative estimate of drug-likeness (QED) is 0.0841. The molecule has 0 saturated heterocycles. The molecule has 5 aromatic carbocycles. The predicted molar refractivity (Wildman–Crippen MR) is 264 cm³/mol. The average molecular weight is 923 g/mol. The van der Waals surface area contributed by atoms with Crippen LogP contribution in [0.1, 0.15) is 81.3 Å². The number of para-hydroxylation sites is 2. The summed E-state index contributed by atoms with van der Waals surface area (Å²) in [7, 11) is 1.55. The van der Waals surface area contributed by atoms with E-state index in [0.29, 0.717) is 72.5 Å². The second kappa shape index (κ2) is 19.6. The van der Waals surface area contributed by atoms with Crippen LogP contribution in [-0.2, 0) is 46.7 Å². The van der Waals surface area contributed by atoms with Gasteiger partial charge in [0.15, 0.2) is 11.5 Å². The summed E-state index contributed by atoms with van der Waals surface area (Å²) in [6, 6.07) is 29.4. The Morgan fingerprint density at radius 2 is 1.49 bits per heavy atom. The molecule has 0 unspecified atom stereocenters. The van der Waals surface area contributed by atoms with Gasteiger partial charge in [-0.25, -0.2) is 0 Å². The first-order valence-corrected chi connectivity index (χ1v) is 24.3. The monoisotopic (exact) mass is 922 g/mol. The third-order valence-corrected chi connectivity index (χ3v) is 14.4. The first-order chi connectivity index (χ1) is 32.4. The number of amides is 3. The number of rotatable bonds is 17. The van der Waals surface area contributed by atoms with Crippen LogP contribution in [0, 0.1) is 6.92 Å². The summed E-state index contributed by atoms with van der Waals surface area (Å²) in [6.45, 7) is 9.82. The molecule has 0 radical (unpaired) electrons. The van der Waals surface area contributed by atoms with Crippen LogP contribution >= 0.6 is 11.8 Å². The Morgan fingerprint density at radius 3 is 2.21 bits per heavy atom. The van der Waals surface area contributed by atoms with E-state index in [4.69, 9.17) is 28.7 Å². The topological polar surface area (TPSA) is 119 Å². The molecule has 3 amide bonds. The molecule has 0 N–H and O–H groups in total. The van der Waals surface area contributed by atoms with Crippen molar-refractivity contribution in [3.8, 4) is 17.2 Å². The van der Waals surface area contributed by atoms with Gasteiger partial charge in [0.1, 0.15) is 25.6 Å². The number of methoxy groups -OCH3 is 1. The van der Waals surface area contributed by atoms with Crippen LogP contribution < -0.4 is 28.9 Å². The Morgan fingerprint density at radius 1 is 0.806 bits per heavy atom. The molecule has 348 valence electrons. The lowest BCUT2D eigenvalue weighted by atomic mass is 9.98. The summed E-state index contributed by atoms with van der Waals surface area (Å²) in [5, 5.41) is 0. The highest BCUT2D eigenvalue weighted by molar-refractivity contribution is 7.99. The van der Waals surface area contributed by atoms with Crippen LogP contribution in [0.3, 0.4) is 0 Å². The third kappa shape index (κ3) is 9.55. The molecule has 0 saturated carbocycles. The van der Waals surface area contributed by atoms with E-state index in [-0.39, 0.29) is 54.4 Å². The Kier molecular flexibility index (Phi) is 13.4. The average Bonchev–Trinajstić information content (AvgIpc) is 3.83. The summed E-state index contributed by atoms with van der Waals surface area (Å²) in [5.74, 6) is 1.19. The standard InChI is InChI=1S/C54H58N4O8S/c1-7-63-32-51(59)56(18-19-64-33-54(3,4)67-6)41-22-35(30-65-48-26-37-16-17-40-24-38-12-8-10-14-46(38)57(40)52(60)43(37)20-34(48)2)21-36(23-41)31-66-50-28-45-44(27-49(50)62-5)53(61)58-42(29-55-45)25-39-13-9-11-15-47(39)58/h8-15,20-23,26-29,40,42H,7,16-19,24-25,30-33H2,1-6H3/t40-,42+/m1/s1. The summed E-state index contributed by atoms with van der Waals surface area (Å²) >= 11 is 1.73. The Hall–Kier alpha value is -6.15. The zero-order chi connectivity index (χ0) is 46.8. The molecular formula is C54H58N4O8S. The lowest BCUT2D eigenvalue weighted by molar-refractivity contribution is -0.123. The van der Waals surface area contributed by atoms with Crippen LogP contribution in [0.25, 0.3) is 0 Å². The largest absolute Gasteiger partial charge is 0.493 e. The molecule has 0 fully saturated rings. The molecule has 67 heavy (non-hydrogen) atoms. The molecular weight excluding hydrogens is 865 g/mol. The highest BCUT2D eigenvalue weighted by Gasteiger charge is 2.38. The minimum atomic E-state index is -0.202. The van der Waals surface area contributed by atoms with Crippen molar-refractivity contribution in [1.82, 2.24) is 0 Å². The number of hydrogen-bond donors (Lipinski definition) is 0. The van der Waals surface area contributed by atoms with E-state index in [1.807, 2.05) is 103 Å². The Bertz CT molecular complexity index is 2740.